The number of para-hydroxylation sites is 1. The smallest absolute Gasteiger partial charge is 0.236 e. The van der Waals surface area contributed by atoms with Gasteiger partial charge < -0.3 is 15.5 Å². The molecule has 0 saturated heterocycles. The summed E-state index contributed by atoms with van der Waals surface area (Å²) in [6.45, 7) is 3.25. The molecule has 0 saturated carbocycles. The van der Waals surface area contributed by atoms with Gasteiger partial charge >= 0.3 is 0 Å². The van der Waals surface area contributed by atoms with E-state index in [9.17, 15) is 4.79 Å². The monoisotopic (exact) mass is 409 g/mol. The van der Waals surface area contributed by atoms with Crippen molar-refractivity contribution in [3.05, 3.63) is 59.7 Å². The number of hydrogen-bond acceptors (Lipinski definition) is 6. The first-order valence-corrected chi connectivity index (χ1v) is 10.3. The molecule has 0 aliphatic carbocycles. The molecule has 2 N–H and O–H groups in total. The van der Waals surface area contributed by atoms with E-state index in [1.807, 2.05) is 48.2 Å². The lowest BCUT2D eigenvalue weighted by Crippen LogP contribution is -2.40. The Hall–Kier alpha value is -3.00. The standard InChI is InChI=1S/C21H23N5O2S/c1-14(20(27)25-12-11-15-7-3-4-8-16(15)13-25)29-21-24-23-19(26(21)22)17-9-5-6-10-18(17)28-2/h3-10,14H,11-13,22H2,1-2H3. The van der Waals surface area contributed by atoms with Gasteiger partial charge in [0.2, 0.25) is 11.1 Å². The second-order valence-electron chi connectivity index (χ2n) is 6.92. The number of nitrogen functional groups attached to an aromatic ring is 1. The highest BCUT2D eigenvalue weighted by Gasteiger charge is 2.27. The number of thioether (sulfide) groups is 1. The maximum atomic E-state index is 13.0. The molecule has 2 aromatic carbocycles. The van der Waals surface area contributed by atoms with Gasteiger partial charge in [-0.3, -0.25) is 4.79 Å². The van der Waals surface area contributed by atoms with Crippen LogP contribution in [0.15, 0.2) is 53.7 Å². The summed E-state index contributed by atoms with van der Waals surface area (Å²) >= 11 is 1.31. The SMILES string of the molecule is COc1ccccc1-c1nnc(SC(C)C(=O)N2CCc3ccccc3C2)n1N. The molecule has 1 unspecified atom stereocenters. The van der Waals surface area contributed by atoms with Crippen molar-refractivity contribution in [3.8, 4) is 17.1 Å². The van der Waals surface area contributed by atoms with Crippen LogP contribution in [0.2, 0.25) is 0 Å². The van der Waals surface area contributed by atoms with Crippen molar-refractivity contribution in [2.75, 3.05) is 19.5 Å². The van der Waals surface area contributed by atoms with Crippen molar-refractivity contribution >= 4 is 17.7 Å². The molecule has 1 aromatic heterocycles. The van der Waals surface area contributed by atoms with Gasteiger partial charge in [-0.1, -0.05) is 48.2 Å². The van der Waals surface area contributed by atoms with Crippen LogP contribution >= 0.6 is 11.8 Å². The number of aromatic nitrogens is 3. The Morgan fingerprint density at radius 1 is 1.14 bits per heavy atom. The van der Waals surface area contributed by atoms with Gasteiger partial charge in [-0.05, 0) is 36.6 Å². The van der Waals surface area contributed by atoms with E-state index in [2.05, 4.69) is 22.3 Å². The summed E-state index contributed by atoms with van der Waals surface area (Å²) in [5, 5.41) is 8.58. The normalized spacial score (nSPS) is 14.3. The van der Waals surface area contributed by atoms with E-state index in [0.29, 0.717) is 23.3 Å². The average Bonchev–Trinajstić information content (AvgIpc) is 3.12. The molecule has 29 heavy (non-hydrogen) atoms. The number of nitrogens with zero attached hydrogens (tertiary/aromatic N) is 4. The largest absolute Gasteiger partial charge is 0.496 e. The Morgan fingerprint density at radius 3 is 2.66 bits per heavy atom. The van der Waals surface area contributed by atoms with Crippen molar-refractivity contribution in [2.45, 2.75) is 30.3 Å². The number of carbonyl (C=O) groups excluding carboxylic acids is 1. The van der Waals surface area contributed by atoms with Crippen LogP contribution in [0.1, 0.15) is 18.1 Å². The minimum absolute atomic E-state index is 0.0753. The van der Waals surface area contributed by atoms with Crippen LogP contribution in [0, 0.1) is 0 Å². The molecule has 1 aliphatic rings. The third kappa shape index (κ3) is 3.80. The van der Waals surface area contributed by atoms with Crippen molar-refractivity contribution in [1.29, 1.82) is 0 Å². The first kappa shape index (κ1) is 19.3. The van der Waals surface area contributed by atoms with Crippen LogP contribution in [0.5, 0.6) is 5.75 Å². The molecular formula is C21H23N5O2S. The van der Waals surface area contributed by atoms with Gasteiger partial charge in [0.05, 0.1) is 17.9 Å². The van der Waals surface area contributed by atoms with E-state index in [1.165, 1.54) is 27.6 Å². The zero-order valence-corrected chi connectivity index (χ0v) is 17.2. The van der Waals surface area contributed by atoms with Crippen LogP contribution in [0.25, 0.3) is 11.4 Å². The number of ether oxygens (including phenoxy) is 1. The fourth-order valence-corrected chi connectivity index (χ4v) is 4.37. The molecule has 1 amide bonds. The van der Waals surface area contributed by atoms with E-state index in [4.69, 9.17) is 10.6 Å². The summed E-state index contributed by atoms with van der Waals surface area (Å²) in [6, 6.07) is 15.8. The van der Waals surface area contributed by atoms with Crippen LogP contribution in [0.4, 0.5) is 0 Å². The Kier molecular flexibility index (Phi) is 5.44. The van der Waals surface area contributed by atoms with Crippen molar-refractivity contribution in [2.24, 2.45) is 0 Å². The summed E-state index contributed by atoms with van der Waals surface area (Å²) in [5.41, 5.74) is 3.29. The summed E-state index contributed by atoms with van der Waals surface area (Å²) < 4.78 is 6.80. The van der Waals surface area contributed by atoms with Crippen LogP contribution < -0.4 is 10.6 Å². The highest BCUT2D eigenvalue weighted by atomic mass is 32.2. The van der Waals surface area contributed by atoms with E-state index < -0.39 is 0 Å². The molecule has 0 radical (unpaired) electrons. The fourth-order valence-electron chi connectivity index (χ4n) is 3.52. The molecule has 4 rings (SSSR count). The maximum Gasteiger partial charge on any atom is 0.236 e. The average molecular weight is 410 g/mol. The molecule has 8 heteroatoms. The molecule has 2 heterocycles. The van der Waals surface area contributed by atoms with E-state index in [-0.39, 0.29) is 11.2 Å². The minimum atomic E-state index is -0.322. The number of hydrogen-bond donors (Lipinski definition) is 1. The Bertz CT molecular complexity index is 1040. The number of nitrogens with two attached hydrogens (primary N) is 1. The summed E-state index contributed by atoms with van der Waals surface area (Å²) in [6.07, 6.45) is 0.879. The van der Waals surface area contributed by atoms with Gasteiger partial charge in [-0.2, -0.15) is 0 Å². The molecule has 0 fully saturated rings. The quantitative estimate of drug-likeness (QED) is 0.515. The van der Waals surface area contributed by atoms with Crippen molar-refractivity contribution in [3.63, 3.8) is 0 Å². The minimum Gasteiger partial charge on any atom is -0.496 e. The van der Waals surface area contributed by atoms with Gasteiger partial charge in [-0.25, -0.2) is 4.68 Å². The van der Waals surface area contributed by atoms with Gasteiger partial charge in [0.25, 0.3) is 0 Å². The Balaban J connectivity index is 1.49. The molecule has 7 nitrogen and oxygen atoms in total. The number of fused-ring (bicyclic) bond motifs is 1. The predicted molar refractivity (Wildman–Crippen MR) is 113 cm³/mol. The second-order valence-corrected chi connectivity index (χ2v) is 8.22. The fraction of sp³-hybridized carbons (Fsp3) is 0.286. The van der Waals surface area contributed by atoms with E-state index in [0.717, 1.165) is 18.5 Å². The first-order valence-electron chi connectivity index (χ1n) is 9.44. The van der Waals surface area contributed by atoms with Crippen LogP contribution in [-0.2, 0) is 17.8 Å². The first-order chi connectivity index (χ1) is 14.1. The number of benzene rings is 2. The van der Waals surface area contributed by atoms with E-state index >= 15 is 0 Å². The van der Waals surface area contributed by atoms with Gasteiger partial charge in [-0.15, -0.1) is 10.2 Å². The zero-order chi connectivity index (χ0) is 20.4. The summed E-state index contributed by atoms with van der Waals surface area (Å²) in [4.78, 5) is 14.9. The zero-order valence-electron chi connectivity index (χ0n) is 16.4. The van der Waals surface area contributed by atoms with Gasteiger partial charge in [0.15, 0.2) is 5.82 Å². The molecule has 150 valence electrons. The molecule has 1 aliphatic heterocycles. The van der Waals surface area contributed by atoms with E-state index in [1.54, 1.807) is 7.11 Å². The highest BCUT2D eigenvalue weighted by Crippen LogP contribution is 2.31. The van der Waals surface area contributed by atoms with Crippen LogP contribution in [-0.4, -0.2) is 44.6 Å². The number of rotatable bonds is 5. The lowest BCUT2D eigenvalue weighted by atomic mass is 10.00. The predicted octanol–water partition coefficient (Wildman–Crippen LogP) is 2.73. The molecule has 0 spiro atoms. The molecule has 0 bridgehead atoms. The number of methoxy groups -OCH3 is 1. The summed E-state index contributed by atoms with van der Waals surface area (Å²) in [7, 11) is 1.60. The van der Waals surface area contributed by atoms with Crippen LogP contribution in [0.3, 0.4) is 0 Å². The third-order valence-electron chi connectivity index (χ3n) is 5.08. The second kappa shape index (κ2) is 8.16. The Labute approximate surface area is 173 Å². The Morgan fingerprint density at radius 2 is 1.86 bits per heavy atom. The molecular weight excluding hydrogens is 386 g/mol. The molecule has 3 aromatic rings. The maximum absolute atomic E-state index is 13.0. The van der Waals surface area contributed by atoms with Crippen molar-refractivity contribution < 1.29 is 9.53 Å². The highest BCUT2D eigenvalue weighted by molar-refractivity contribution is 8.00. The molecule has 1 atom stereocenters. The topological polar surface area (TPSA) is 86.3 Å². The lowest BCUT2D eigenvalue weighted by molar-refractivity contribution is -0.131. The van der Waals surface area contributed by atoms with Crippen molar-refractivity contribution in [1.82, 2.24) is 19.8 Å². The number of amides is 1. The van der Waals surface area contributed by atoms with Gasteiger partial charge in [0, 0.05) is 13.1 Å². The third-order valence-corrected chi connectivity index (χ3v) is 6.13. The van der Waals surface area contributed by atoms with Gasteiger partial charge in [0.1, 0.15) is 5.75 Å². The summed E-state index contributed by atoms with van der Waals surface area (Å²) in [5.74, 6) is 7.48. The lowest BCUT2D eigenvalue weighted by Gasteiger charge is -2.30. The number of carbonyl (C=O) groups is 1.